The van der Waals surface area contributed by atoms with Gasteiger partial charge in [0.2, 0.25) is 0 Å². The number of methoxy groups -OCH3 is 1. The monoisotopic (exact) mass is 204 g/mol. The van der Waals surface area contributed by atoms with E-state index >= 15 is 0 Å². The van der Waals surface area contributed by atoms with Gasteiger partial charge in [0.25, 0.3) is 0 Å². The number of ether oxygens (including phenoxy) is 1. The summed E-state index contributed by atoms with van der Waals surface area (Å²) in [5.74, 6) is 0. The highest BCUT2D eigenvalue weighted by molar-refractivity contribution is 6.54. The van der Waals surface area contributed by atoms with Crippen molar-refractivity contribution in [2.45, 2.75) is 19.1 Å². The van der Waals surface area contributed by atoms with E-state index in [1.165, 1.54) is 16.8 Å². The summed E-state index contributed by atoms with van der Waals surface area (Å²) < 4.78 is 5.16. The predicted molar refractivity (Wildman–Crippen MR) is 62.2 cm³/mol. The molecule has 14 heavy (non-hydrogen) atoms. The Bertz CT molecular complexity index is 283. The Hall–Kier alpha value is -0.863. The molecule has 0 N–H and O–H groups in total. The third-order valence-corrected chi connectivity index (χ3v) is 3.39. The van der Waals surface area contributed by atoms with Gasteiger partial charge < -0.3 is 4.74 Å². The fraction of sp³-hybridized carbons (Fsp3) is 0.333. The summed E-state index contributed by atoms with van der Waals surface area (Å²) in [7, 11) is 2.61. The lowest BCUT2D eigenvalue weighted by molar-refractivity contribution is 0.185. The summed E-state index contributed by atoms with van der Waals surface area (Å²) in [6.07, 6.45) is 3.08. The van der Waals surface area contributed by atoms with E-state index < -0.39 is 0 Å². The summed E-state index contributed by atoms with van der Waals surface area (Å²) in [6.45, 7) is 4.45. The van der Waals surface area contributed by atoms with Crippen LogP contribution in [-0.4, -0.2) is 16.6 Å². The highest BCUT2D eigenvalue weighted by atomic mass is 28.2. The summed E-state index contributed by atoms with van der Waals surface area (Å²) in [4.78, 5) is 0. The molecule has 0 unspecified atom stereocenters. The van der Waals surface area contributed by atoms with Gasteiger partial charge in [-0.05, 0) is 12.0 Å². The first-order chi connectivity index (χ1) is 6.88. The van der Waals surface area contributed by atoms with Gasteiger partial charge in [-0.25, -0.2) is 0 Å². The maximum Gasteiger partial charge on any atom is 0.0816 e. The van der Waals surface area contributed by atoms with E-state index in [-0.39, 0.29) is 0 Å². The van der Waals surface area contributed by atoms with Gasteiger partial charge in [0.05, 0.1) is 16.1 Å². The van der Waals surface area contributed by atoms with Crippen LogP contribution in [0.4, 0.5) is 0 Å². The van der Waals surface area contributed by atoms with Gasteiger partial charge in [0, 0.05) is 7.11 Å². The quantitative estimate of drug-likeness (QED) is 0.392. The summed E-state index contributed by atoms with van der Waals surface area (Å²) in [5.41, 5.74) is 1.32. The third kappa shape index (κ3) is 3.48. The average Bonchev–Trinajstić information content (AvgIpc) is 2.21. The number of hydrogen-bond acceptors (Lipinski definition) is 1. The molecule has 0 saturated carbocycles. The van der Waals surface area contributed by atoms with E-state index in [1.54, 1.807) is 7.11 Å². The van der Waals surface area contributed by atoms with Crippen molar-refractivity contribution < 1.29 is 4.74 Å². The van der Waals surface area contributed by atoms with Crippen LogP contribution < -0.4 is 5.19 Å². The molecule has 1 rings (SSSR count). The smallest absolute Gasteiger partial charge is 0.0816 e. The van der Waals surface area contributed by atoms with Crippen LogP contribution in [0.2, 0.25) is 6.04 Å². The van der Waals surface area contributed by atoms with Crippen LogP contribution >= 0.6 is 0 Å². The Kier molecular flexibility index (Phi) is 5.26. The molecule has 0 heterocycles. The van der Waals surface area contributed by atoms with E-state index in [1.807, 2.05) is 6.08 Å². The summed E-state index contributed by atoms with van der Waals surface area (Å²) in [6, 6.07) is 9.69. The minimum atomic E-state index is 0.720. The van der Waals surface area contributed by atoms with Gasteiger partial charge in [-0.15, -0.1) is 6.58 Å². The lowest BCUT2D eigenvalue weighted by atomic mass is 10.2. The van der Waals surface area contributed by atoms with Crippen molar-refractivity contribution in [1.29, 1.82) is 0 Å². The second-order valence-electron chi connectivity index (χ2n) is 3.09. The zero-order valence-electron chi connectivity index (χ0n) is 8.62. The second kappa shape index (κ2) is 6.57. The molecule has 0 aliphatic carbocycles. The van der Waals surface area contributed by atoms with Crippen LogP contribution in [0.15, 0.2) is 36.9 Å². The zero-order chi connectivity index (χ0) is 10.2. The first-order valence-corrected chi connectivity index (χ1v) is 6.00. The van der Waals surface area contributed by atoms with E-state index in [9.17, 15) is 0 Å². The molecular weight excluding hydrogens is 188 g/mol. The average molecular weight is 204 g/mol. The van der Waals surface area contributed by atoms with Crippen LogP contribution in [0, 0.1) is 0 Å². The van der Waals surface area contributed by atoms with E-state index in [0.29, 0.717) is 0 Å². The molecule has 0 amide bonds. The first-order valence-electron chi connectivity index (χ1n) is 4.80. The summed E-state index contributed by atoms with van der Waals surface area (Å²) >= 11 is 0. The SMILES string of the molecule is C=CCC[Si]c1ccccc1COC. The topological polar surface area (TPSA) is 9.23 Å². The predicted octanol–water partition coefficient (Wildman–Crippen LogP) is 2.16. The van der Waals surface area contributed by atoms with E-state index in [4.69, 9.17) is 4.74 Å². The van der Waals surface area contributed by atoms with Crippen molar-refractivity contribution in [3.63, 3.8) is 0 Å². The Morgan fingerprint density at radius 2 is 2.21 bits per heavy atom. The Labute approximate surface area is 88.6 Å². The van der Waals surface area contributed by atoms with Crippen LogP contribution in [0.5, 0.6) is 0 Å². The molecule has 1 nitrogen and oxygen atoms in total. The lowest BCUT2D eigenvalue weighted by Crippen LogP contribution is -2.19. The summed E-state index contributed by atoms with van der Waals surface area (Å²) in [5, 5.41) is 1.43. The zero-order valence-corrected chi connectivity index (χ0v) is 9.62. The van der Waals surface area contributed by atoms with Gasteiger partial charge in [-0.2, -0.15) is 0 Å². The van der Waals surface area contributed by atoms with Gasteiger partial charge in [0.15, 0.2) is 0 Å². The molecule has 0 aliphatic rings. The molecule has 0 spiro atoms. The highest BCUT2D eigenvalue weighted by Gasteiger charge is 2.00. The largest absolute Gasteiger partial charge is 0.380 e. The van der Waals surface area contributed by atoms with Gasteiger partial charge >= 0.3 is 0 Å². The maximum atomic E-state index is 5.16. The van der Waals surface area contributed by atoms with Crippen molar-refractivity contribution in [3.8, 4) is 0 Å². The van der Waals surface area contributed by atoms with Crippen molar-refractivity contribution in [3.05, 3.63) is 42.5 Å². The van der Waals surface area contributed by atoms with Gasteiger partial charge in [-0.1, -0.05) is 41.6 Å². The Morgan fingerprint density at radius 3 is 2.93 bits per heavy atom. The fourth-order valence-corrected chi connectivity index (χ4v) is 2.50. The Morgan fingerprint density at radius 1 is 1.43 bits per heavy atom. The molecule has 1 aromatic rings. The van der Waals surface area contributed by atoms with Crippen molar-refractivity contribution in [1.82, 2.24) is 0 Å². The van der Waals surface area contributed by atoms with Gasteiger partial charge in [0.1, 0.15) is 0 Å². The minimum Gasteiger partial charge on any atom is -0.380 e. The second-order valence-corrected chi connectivity index (χ2v) is 4.49. The number of rotatable bonds is 6. The molecular formula is C12H16OSi. The standard InChI is InChI=1S/C12H16OSi/c1-3-4-9-14-12-8-6-5-7-11(12)10-13-2/h3,5-8H,1,4,9-10H2,2H3. The minimum absolute atomic E-state index is 0.720. The molecule has 0 atom stereocenters. The van der Waals surface area contributed by atoms with Crippen LogP contribution in [-0.2, 0) is 11.3 Å². The van der Waals surface area contributed by atoms with Crippen LogP contribution in [0.1, 0.15) is 12.0 Å². The van der Waals surface area contributed by atoms with Crippen molar-refractivity contribution in [2.75, 3.05) is 7.11 Å². The molecule has 0 aliphatic heterocycles. The number of hydrogen-bond donors (Lipinski definition) is 0. The van der Waals surface area contributed by atoms with Crippen molar-refractivity contribution >= 4 is 14.7 Å². The van der Waals surface area contributed by atoms with Crippen LogP contribution in [0.3, 0.4) is 0 Å². The lowest BCUT2D eigenvalue weighted by Gasteiger charge is -2.06. The molecule has 0 bridgehead atoms. The van der Waals surface area contributed by atoms with E-state index in [2.05, 4.69) is 30.8 Å². The molecule has 0 aromatic heterocycles. The van der Waals surface area contributed by atoms with Crippen molar-refractivity contribution in [2.24, 2.45) is 0 Å². The van der Waals surface area contributed by atoms with Gasteiger partial charge in [-0.3, -0.25) is 0 Å². The normalized spacial score (nSPS) is 10.1. The number of allylic oxidation sites excluding steroid dienone is 1. The number of benzene rings is 1. The fourth-order valence-electron chi connectivity index (χ4n) is 1.28. The third-order valence-electron chi connectivity index (χ3n) is 1.98. The molecule has 0 fully saturated rings. The molecule has 0 saturated heterocycles. The molecule has 1 aromatic carbocycles. The first kappa shape index (κ1) is 11.2. The maximum absolute atomic E-state index is 5.16. The highest BCUT2D eigenvalue weighted by Crippen LogP contribution is 1.99. The van der Waals surface area contributed by atoms with E-state index in [0.717, 1.165) is 22.5 Å². The molecule has 74 valence electrons. The molecule has 2 radical (unpaired) electrons. The Balaban J connectivity index is 2.59. The molecule has 2 heteroatoms. The van der Waals surface area contributed by atoms with Crippen LogP contribution in [0.25, 0.3) is 0 Å².